The summed E-state index contributed by atoms with van der Waals surface area (Å²) in [6.07, 6.45) is 1.21. The fourth-order valence-corrected chi connectivity index (χ4v) is 3.70. The molecule has 0 radical (unpaired) electrons. The van der Waals surface area contributed by atoms with E-state index in [4.69, 9.17) is 23.0 Å². The Kier molecular flexibility index (Phi) is 5.35. The molecule has 0 bridgehead atoms. The maximum Gasteiger partial charge on any atom is 0.379 e. The van der Waals surface area contributed by atoms with Crippen molar-refractivity contribution in [2.75, 3.05) is 7.11 Å². The second kappa shape index (κ2) is 8.48. The van der Waals surface area contributed by atoms with E-state index in [0.29, 0.717) is 17.1 Å². The van der Waals surface area contributed by atoms with E-state index in [9.17, 15) is 9.59 Å². The minimum atomic E-state index is -0.667. The zero-order chi connectivity index (χ0) is 22.9. The van der Waals surface area contributed by atoms with Crippen LogP contribution in [-0.4, -0.2) is 13.1 Å². The smallest absolute Gasteiger partial charge is 0.379 e. The summed E-state index contributed by atoms with van der Waals surface area (Å²) in [5, 5.41) is 1.04. The summed E-state index contributed by atoms with van der Waals surface area (Å²) in [4.78, 5) is 25.4. The average Bonchev–Trinajstić information content (AvgIpc) is 3.25. The number of ether oxygens (including phenoxy) is 3. The van der Waals surface area contributed by atoms with Crippen LogP contribution in [0.25, 0.3) is 21.9 Å². The van der Waals surface area contributed by atoms with E-state index in [-0.39, 0.29) is 33.7 Å². The molecule has 164 valence electrons. The van der Waals surface area contributed by atoms with Gasteiger partial charge in [-0.2, -0.15) is 0 Å². The third-order valence-electron chi connectivity index (χ3n) is 4.89. The molecule has 8 heteroatoms. The zero-order valence-corrected chi connectivity index (χ0v) is 18.7. The highest BCUT2D eigenvalue weighted by Gasteiger charge is 2.17. The van der Waals surface area contributed by atoms with Crippen LogP contribution in [0.4, 0.5) is 0 Å². The van der Waals surface area contributed by atoms with Gasteiger partial charge in [-0.1, -0.05) is 28.1 Å². The molecule has 0 saturated carbocycles. The van der Waals surface area contributed by atoms with Gasteiger partial charge in [0.15, 0.2) is 11.5 Å². The molecule has 5 rings (SSSR count). The van der Waals surface area contributed by atoms with Crippen molar-refractivity contribution in [1.82, 2.24) is 0 Å². The second-order valence-corrected chi connectivity index (χ2v) is 7.94. The van der Waals surface area contributed by atoms with Gasteiger partial charge >= 0.3 is 5.97 Å². The van der Waals surface area contributed by atoms with Gasteiger partial charge in [0.1, 0.15) is 23.2 Å². The van der Waals surface area contributed by atoms with E-state index in [1.165, 1.54) is 31.6 Å². The molecule has 0 aliphatic rings. The topological polar surface area (TPSA) is 88.1 Å². The summed E-state index contributed by atoms with van der Waals surface area (Å²) in [6.45, 7) is 0. The van der Waals surface area contributed by atoms with Crippen LogP contribution in [0.3, 0.4) is 0 Å². The van der Waals surface area contributed by atoms with E-state index < -0.39 is 5.97 Å². The molecule has 0 N–H and O–H groups in total. The van der Waals surface area contributed by atoms with Gasteiger partial charge in [0, 0.05) is 15.9 Å². The molecular formula is C25H15BrO7. The Morgan fingerprint density at radius 3 is 2.55 bits per heavy atom. The maximum atomic E-state index is 12.9. The predicted molar refractivity (Wildman–Crippen MR) is 124 cm³/mol. The molecule has 0 fully saturated rings. The van der Waals surface area contributed by atoms with Gasteiger partial charge in [-0.25, -0.2) is 4.79 Å². The van der Waals surface area contributed by atoms with Crippen molar-refractivity contribution in [3.8, 4) is 23.0 Å². The predicted octanol–water partition coefficient (Wildman–Crippen LogP) is 6.32. The van der Waals surface area contributed by atoms with Crippen LogP contribution in [0.5, 0.6) is 23.0 Å². The minimum Gasteiger partial charge on any atom is -0.493 e. The number of carbonyl (C=O) groups excluding carboxylic acids is 1. The Labute approximate surface area is 195 Å². The Morgan fingerprint density at radius 2 is 1.73 bits per heavy atom. The summed E-state index contributed by atoms with van der Waals surface area (Å²) in [5.41, 5.74) is 0.436. The van der Waals surface area contributed by atoms with Crippen LogP contribution >= 0.6 is 15.9 Å². The van der Waals surface area contributed by atoms with Crippen molar-refractivity contribution in [3.63, 3.8) is 0 Å². The van der Waals surface area contributed by atoms with Crippen molar-refractivity contribution in [2.45, 2.75) is 0 Å². The van der Waals surface area contributed by atoms with Crippen LogP contribution in [-0.2, 0) is 0 Å². The summed E-state index contributed by atoms with van der Waals surface area (Å²) >= 11 is 3.38. The number of carbonyl (C=O) groups is 1. The van der Waals surface area contributed by atoms with Crippen LogP contribution < -0.4 is 19.6 Å². The lowest BCUT2D eigenvalue weighted by Gasteiger charge is -2.09. The van der Waals surface area contributed by atoms with Crippen molar-refractivity contribution in [1.29, 1.82) is 0 Å². The number of methoxy groups -OCH3 is 1. The lowest BCUT2D eigenvalue weighted by Crippen LogP contribution is -2.08. The highest BCUT2D eigenvalue weighted by molar-refractivity contribution is 9.10. The van der Waals surface area contributed by atoms with Crippen LogP contribution in [0.2, 0.25) is 0 Å². The number of furan rings is 1. The van der Waals surface area contributed by atoms with Crippen LogP contribution in [0.15, 0.2) is 91.1 Å². The molecule has 2 heterocycles. The molecule has 0 spiro atoms. The number of benzene rings is 3. The van der Waals surface area contributed by atoms with Gasteiger partial charge < -0.3 is 23.0 Å². The number of fused-ring (bicyclic) bond motifs is 2. The molecule has 0 amide bonds. The van der Waals surface area contributed by atoms with E-state index in [1.54, 1.807) is 36.4 Å². The average molecular weight is 507 g/mol. The summed E-state index contributed by atoms with van der Waals surface area (Å²) in [5.74, 6) is 0.471. The minimum absolute atomic E-state index is 0.00480. The highest BCUT2D eigenvalue weighted by Crippen LogP contribution is 2.31. The van der Waals surface area contributed by atoms with Gasteiger partial charge in [-0.05, 0) is 48.5 Å². The standard InChI is InChI=1S/C25H15BrO7/c1-29-19-4-2-3-5-20(19)33-23-13-30-21-12-16(7-8-17(21)24(23)27)31-25(28)22-11-14-10-15(26)6-9-18(14)32-22/h2-13H,1H3. The maximum absolute atomic E-state index is 12.9. The van der Waals surface area contributed by atoms with E-state index >= 15 is 0 Å². The molecule has 5 aromatic rings. The zero-order valence-electron chi connectivity index (χ0n) is 17.2. The fourth-order valence-electron chi connectivity index (χ4n) is 3.32. The summed E-state index contributed by atoms with van der Waals surface area (Å²) in [7, 11) is 1.51. The van der Waals surface area contributed by atoms with E-state index in [2.05, 4.69) is 15.9 Å². The van der Waals surface area contributed by atoms with Crippen molar-refractivity contribution >= 4 is 43.8 Å². The fraction of sp³-hybridized carbons (Fsp3) is 0.0400. The largest absolute Gasteiger partial charge is 0.493 e. The first-order valence-corrected chi connectivity index (χ1v) is 10.6. The van der Waals surface area contributed by atoms with E-state index in [0.717, 1.165) is 9.86 Å². The summed E-state index contributed by atoms with van der Waals surface area (Å²) in [6, 6.07) is 18.4. The SMILES string of the molecule is COc1ccccc1Oc1coc2cc(OC(=O)c3cc4cc(Br)ccc4o3)ccc2c1=O. The molecule has 33 heavy (non-hydrogen) atoms. The third kappa shape index (κ3) is 4.08. The van der Waals surface area contributed by atoms with Crippen molar-refractivity contribution in [3.05, 3.63) is 93.4 Å². The first kappa shape index (κ1) is 20.8. The Morgan fingerprint density at radius 1 is 0.909 bits per heavy atom. The van der Waals surface area contributed by atoms with Gasteiger partial charge in [-0.15, -0.1) is 0 Å². The third-order valence-corrected chi connectivity index (χ3v) is 5.39. The first-order chi connectivity index (χ1) is 16.0. The number of hydrogen-bond donors (Lipinski definition) is 0. The Balaban J connectivity index is 1.40. The van der Waals surface area contributed by atoms with Gasteiger partial charge in [-0.3, -0.25) is 4.79 Å². The molecule has 0 saturated heterocycles. The first-order valence-electron chi connectivity index (χ1n) is 9.79. The Hall–Kier alpha value is -4.04. The van der Waals surface area contributed by atoms with Gasteiger partial charge in [0.2, 0.25) is 16.9 Å². The number of halogens is 1. The quantitative estimate of drug-likeness (QED) is 0.203. The molecule has 0 aliphatic carbocycles. The monoisotopic (exact) mass is 506 g/mol. The molecule has 3 aromatic carbocycles. The van der Waals surface area contributed by atoms with E-state index in [1.807, 2.05) is 12.1 Å². The summed E-state index contributed by atoms with van der Waals surface area (Å²) < 4.78 is 28.4. The number of para-hydroxylation sites is 2. The molecule has 0 aliphatic heterocycles. The number of rotatable bonds is 5. The molecular weight excluding hydrogens is 492 g/mol. The molecule has 0 unspecified atom stereocenters. The number of hydrogen-bond acceptors (Lipinski definition) is 7. The highest BCUT2D eigenvalue weighted by atomic mass is 79.9. The normalized spacial score (nSPS) is 11.0. The Bertz CT molecular complexity index is 1560. The lowest BCUT2D eigenvalue weighted by molar-refractivity contribution is 0.0704. The molecule has 2 aromatic heterocycles. The number of esters is 1. The van der Waals surface area contributed by atoms with Crippen LogP contribution in [0.1, 0.15) is 10.6 Å². The molecule has 7 nitrogen and oxygen atoms in total. The molecule has 0 atom stereocenters. The van der Waals surface area contributed by atoms with Crippen molar-refractivity contribution < 1.29 is 27.8 Å². The van der Waals surface area contributed by atoms with Crippen molar-refractivity contribution in [2.24, 2.45) is 0 Å². The van der Waals surface area contributed by atoms with Gasteiger partial charge in [0.25, 0.3) is 0 Å². The second-order valence-electron chi connectivity index (χ2n) is 7.02. The lowest BCUT2D eigenvalue weighted by atomic mass is 10.2. The van der Waals surface area contributed by atoms with Gasteiger partial charge in [0.05, 0.1) is 12.5 Å². The van der Waals surface area contributed by atoms with Crippen LogP contribution in [0, 0.1) is 0 Å².